The van der Waals surface area contributed by atoms with Crippen LogP contribution in [0.2, 0.25) is 0 Å². The summed E-state index contributed by atoms with van der Waals surface area (Å²) in [6, 6.07) is 13.1. The van der Waals surface area contributed by atoms with E-state index in [9.17, 15) is 13.2 Å². The average molecular weight is 305 g/mol. The van der Waals surface area contributed by atoms with E-state index in [1.165, 1.54) is 0 Å². The molecule has 21 heavy (non-hydrogen) atoms. The molecule has 0 atom stereocenters. The van der Waals surface area contributed by atoms with Crippen LogP contribution in [0.25, 0.3) is 0 Å². The number of nitrogens with two attached hydrogens (primary N) is 2. The van der Waals surface area contributed by atoms with Crippen LogP contribution in [0.15, 0.2) is 48.5 Å². The zero-order chi connectivity index (χ0) is 15.5. The summed E-state index contributed by atoms with van der Waals surface area (Å²) in [5.41, 5.74) is 7.59. The normalized spacial score (nSPS) is 11.1. The number of amides is 1. The van der Waals surface area contributed by atoms with Crippen molar-refractivity contribution in [1.29, 1.82) is 0 Å². The maximum Gasteiger partial charge on any atom is 0.257 e. The molecule has 1 amide bonds. The second-order valence-corrected chi connectivity index (χ2v) is 6.16. The first-order valence-electron chi connectivity index (χ1n) is 6.10. The molecule has 0 aliphatic heterocycles. The first kappa shape index (κ1) is 15.0. The molecule has 2 aromatic rings. The van der Waals surface area contributed by atoms with Crippen LogP contribution in [0.1, 0.15) is 15.9 Å². The van der Waals surface area contributed by atoms with Crippen LogP contribution in [0.4, 0.5) is 11.4 Å². The molecule has 2 aromatic carbocycles. The van der Waals surface area contributed by atoms with Crippen LogP contribution >= 0.6 is 0 Å². The first-order valence-corrected chi connectivity index (χ1v) is 7.82. The van der Waals surface area contributed by atoms with E-state index in [0.717, 1.165) is 0 Å². The third-order valence-electron chi connectivity index (χ3n) is 2.79. The lowest BCUT2D eigenvalue weighted by Crippen LogP contribution is -2.15. The molecule has 0 saturated carbocycles. The summed E-state index contributed by atoms with van der Waals surface area (Å²) in [6.07, 6.45) is 0. The summed E-state index contributed by atoms with van der Waals surface area (Å²) in [5, 5.41) is 7.66. The number of primary sulfonamides is 1. The molecule has 0 bridgehead atoms. The zero-order valence-electron chi connectivity index (χ0n) is 11.1. The van der Waals surface area contributed by atoms with E-state index >= 15 is 0 Å². The second-order valence-electron chi connectivity index (χ2n) is 4.55. The molecular weight excluding hydrogens is 290 g/mol. The molecule has 0 spiro atoms. The van der Waals surface area contributed by atoms with E-state index in [0.29, 0.717) is 22.5 Å². The van der Waals surface area contributed by atoms with Crippen LogP contribution in [0, 0.1) is 0 Å². The Bertz CT molecular complexity index is 755. The van der Waals surface area contributed by atoms with Gasteiger partial charge in [0.25, 0.3) is 5.91 Å². The highest BCUT2D eigenvalue weighted by atomic mass is 32.2. The standard InChI is InChI=1S/C14H15N3O3S/c15-13-4-2-1-3-12(13)14(18)17-11-7-5-10(6-8-11)9-21(16,19)20/h1-8H,9,15H2,(H,17,18)(H2,16,19,20). The van der Waals surface area contributed by atoms with Gasteiger partial charge >= 0.3 is 0 Å². The van der Waals surface area contributed by atoms with E-state index in [1.54, 1.807) is 48.5 Å². The van der Waals surface area contributed by atoms with Crippen molar-refractivity contribution in [2.45, 2.75) is 5.75 Å². The lowest BCUT2D eigenvalue weighted by atomic mass is 10.1. The number of carbonyl (C=O) groups is 1. The number of rotatable bonds is 4. The Balaban J connectivity index is 2.10. The molecule has 0 radical (unpaired) electrons. The predicted octanol–water partition coefficient (Wildman–Crippen LogP) is 1.31. The minimum atomic E-state index is -3.57. The van der Waals surface area contributed by atoms with Crippen molar-refractivity contribution >= 4 is 27.3 Å². The van der Waals surface area contributed by atoms with Crippen molar-refractivity contribution in [2.24, 2.45) is 5.14 Å². The first-order chi connectivity index (χ1) is 9.85. The number of anilines is 2. The Kier molecular flexibility index (Phi) is 4.25. The molecule has 2 rings (SSSR count). The van der Waals surface area contributed by atoms with E-state index in [-0.39, 0.29) is 11.7 Å². The van der Waals surface area contributed by atoms with Crippen LogP contribution in [-0.2, 0) is 15.8 Å². The second kappa shape index (κ2) is 5.94. The third kappa shape index (κ3) is 4.30. The van der Waals surface area contributed by atoms with E-state index in [4.69, 9.17) is 10.9 Å². The van der Waals surface area contributed by atoms with Crippen LogP contribution < -0.4 is 16.2 Å². The summed E-state index contributed by atoms with van der Waals surface area (Å²) in [6.45, 7) is 0. The maximum atomic E-state index is 12.0. The Labute approximate surface area is 122 Å². The fraction of sp³-hybridized carbons (Fsp3) is 0.0714. The predicted molar refractivity (Wildman–Crippen MR) is 82.1 cm³/mol. The number of sulfonamides is 1. The molecule has 6 nitrogen and oxygen atoms in total. The Hall–Kier alpha value is -2.38. The number of benzene rings is 2. The smallest absolute Gasteiger partial charge is 0.257 e. The number of para-hydroxylation sites is 1. The summed E-state index contributed by atoms with van der Waals surface area (Å²) in [7, 11) is -3.57. The zero-order valence-corrected chi connectivity index (χ0v) is 11.9. The monoisotopic (exact) mass is 305 g/mol. The van der Waals surface area contributed by atoms with Crippen molar-refractivity contribution in [3.63, 3.8) is 0 Å². The van der Waals surface area contributed by atoms with Gasteiger partial charge < -0.3 is 11.1 Å². The molecule has 110 valence electrons. The van der Waals surface area contributed by atoms with Gasteiger partial charge in [-0.3, -0.25) is 4.79 Å². The number of carbonyl (C=O) groups excluding carboxylic acids is 1. The highest BCUT2D eigenvalue weighted by molar-refractivity contribution is 7.88. The minimum Gasteiger partial charge on any atom is -0.398 e. The highest BCUT2D eigenvalue weighted by Gasteiger charge is 2.09. The molecule has 0 aliphatic carbocycles. The number of nitrogen functional groups attached to an aromatic ring is 1. The number of hydrogen-bond acceptors (Lipinski definition) is 4. The van der Waals surface area contributed by atoms with Gasteiger partial charge in [-0.2, -0.15) is 0 Å². The third-order valence-corrected chi connectivity index (χ3v) is 3.52. The molecular formula is C14H15N3O3S. The largest absolute Gasteiger partial charge is 0.398 e. The summed E-state index contributed by atoms with van der Waals surface area (Å²) >= 11 is 0. The van der Waals surface area contributed by atoms with Crippen molar-refractivity contribution in [3.8, 4) is 0 Å². The van der Waals surface area contributed by atoms with Crippen LogP contribution in [0.5, 0.6) is 0 Å². The average Bonchev–Trinajstić information content (AvgIpc) is 2.40. The fourth-order valence-electron chi connectivity index (χ4n) is 1.82. The lowest BCUT2D eigenvalue weighted by molar-refractivity contribution is 0.102. The summed E-state index contributed by atoms with van der Waals surface area (Å²) in [5.74, 6) is -0.570. The van der Waals surface area contributed by atoms with Gasteiger partial charge in [0.15, 0.2) is 0 Å². The fourth-order valence-corrected chi connectivity index (χ4v) is 2.48. The van der Waals surface area contributed by atoms with Gasteiger partial charge in [-0.25, -0.2) is 13.6 Å². The van der Waals surface area contributed by atoms with Gasteiger partial charge in [0, 0.05) is 11.4 Å². The molecule has 7 heteroatoms. The van der Waals surface area contributed by atoms with E-state index < -0.39 is 10.0 Å². The van der Waals surface area contributed by atoms with E-state index in [1.807, 2.05) is 0 Å². The van der Waals surface area contributed by atoms with Gasteiger partial charge in [-0.05, 0) is 29.8 Å². The van der Waals surface area contributed by atoms with Gasteiger partial charge in [0.1, 0.15) is 0 Å². The molecule has 0 unspecified atom stereocenters. The van der Waals surface area contributed by atoms with Crippen LogP contribution in [-0.4, -0.2) is 14.3 Å². The van der Waals surface area contributed by atoms with Crippen molar-refractivity contribution in [1.82, 2.24) is 0 Å². The van der Waals surface area contributed by atoms with E-state index in [2.05, 4.69) is 5.32 Å². The summed E-state index contributed by atoms with van der Waals surface area (Å²) < 4.78 is 22.0. The van der Waals surface area contributed by atoms with Crippen molar-refractivity contribution < 1.29 is 13.2 Å². The lowest BCUT2D eigenvalue weighted by Gasteiger charge is -2.08. The molecule has 0 heterocycles. The van der Waals surface area contributed by atoms with Crippen LogP contribution in [0.3, 0.4) is 0 Å². The molecule has 0 fully saturated rings. The summed E-state index contributed by atoms with van der Waals surface area (Å²) in [4.78, 5) is 12.0. The Morgan fingerprint density at radius 3 is 2.24 bits per heavy atom. The quantitative estimate of drug-likeness (QED) is 0.738. The van der Waals surface area contributed by atoms with Crippen molar-refractivity contribution in [3.05, 3.63) is 59.7 Å². The van der Waals surface area contributed by atoms with Gasteiger partial charge in [-0.1, -0.05) is 24.3 Å². The highest BCUT2D eigenvalue weighted by Crippen LogP contribution is 2.15. The molecule has 0 aromatic heterocycles. The minimum absolute atomic E-state index is 0.243. The number of nitrogens with one attached hydrogen (secondary N) is 1. The SMILES string of the molecule is Nc1ccccc1C(=O)Nc1ccc(CS(N)(=O)=O)cc1. The molecule has 5 N–H and O–H groups in total. The van der Waals surface area contributed by atoms with Gasteiger partial charge in [0.2, 0.25) is 10.0 Å². The Morgan fingerprint density at radius 2 is 1.67 bits per heavy atom. The van der Waals surface area contributed by atoms with Gasteiger partial charge in [-0.15, -0.1) is 0 Å². The molecule has 0 aliphatic rings. The molecule has 0 saturated heterocycles. The van der Waals surface area contributed by atoms with Gasteiger partial charge in [0.05, 0.1) is 11.3 Å². The van der Waals surface area contributed by atoms with Crippen molar-refractivity contribution in [2.75, 3.05) is 11.1 Å². The Morgan fingerprint density at radius 1 is 1.05 bits per heavy atom. The topological polar surface area (TPSA) is 115 Å². The number of hydrogen-bond donors (Lipinski definition) is 3. The maximum absolute atomic E-state index is 12.0.